The van der Waals surface area contributed by atoms with Gasteiger partial charge in [0.15, 0.2) is 0 Å². The van der Waals surface area contributed by atoms with E-state index in [4.69, 9.17) is 6.80 Å². The summed E-state index contributed by atoms with van der Waals surface area (Å²) in [4.78, 5) is 19.6. The zero-order valence-corrected chi connectivity index (χ0v) is 13.1. The molecule has 13 heteroatoms. The van der Waals surface area contributed by atoms with Crippen LogP contribution in [-0.2, 0) is 34.9 Å². The van der Waals surface area contributed by atoms with Crippen LogP contribution in [0.5, 0.6) is 0 Å². The Morgan fingerprint density at radius 2 is 0.957 bits per heavy atom. The van der Waals surface area contributed by atoms with E-state index >= 15 is 0 Å². The maximum absolute atomic E-state index is 11.2. The third kappa shape index (κ3) is 20.3. The van der Waals surface area contributed by atoms with Crippen LogP contribution in [0, 0.1) is 12.2 Å². The Labute approximate surface area is 133 Å². The molecule has 0 unspecified atom stereocenters. The van der Waals surface area contributed by atoms with Gasteiger partial charge in [0.1, 0.15) is 0 Å². The number of carbonyl (C=O) groups is 2. The van der Waals surface area contributed by atoms with Gasteiger partial charge in [-0.1, -0.05) is 13.8 Å². The predicted molar refractivity (Wildman–Crippen MR) is 48.4 cm³/mol. The van der Waals surface area contributed by atoms with E-state index < -0.39 is 53.9 Å². The normalized spacial score (nSPS) is 12.0. The van der Waals surface area contributed by atoms with E-state index in [1.165, 1.54) is 0 Å². The van der Waals surface area contributed by atoms with Crippen molar-refractivity contribution in [1.82, 2.24) is 0 Å². The van der Waals surface area contributed by atoms with Crippen molar-refractivity contribution in [3.8, 4) is 0 Å². The second-order valence-corrected chi connectivity index (χ2v) is 3.42. The van der Waals surface area contributed by atoms with Crippen molar-refractivity contribution in [2.75, 3.05) is 0 Å². The van der Waals surface area contributed by atoms with Gasteiger partial charge >= 0.3 is 37.6 Å². The standard InChI is InChI=1S/2C5H4F3O2.Mo.2O/c2*1-3(9)2-4(10)5(6,7)8;;;/h2*9H,1H3;;;/q2*-1;+2;;/p-2. The summed E-state index contributed by atoms with van der Waals surface area (Å²) in [5, 5.41) is 19.7. The van der Waals surface area contributed by atoms with Crippen LogP contribution in [0.1, 0.15) is 13.8 Å². The van der Waals surface area contributed by atoms with Gasteiger partial charge in [0, 0.05) is 0 Å². The summed E-state index contributed by atoms with van der Waals surface area (Å²) < 4.78 is 84.5. The fourth-order valence-corrected chi connectivity index (χ4v) is 0.461. The summed E-state index contributed by atoms with van der Waals surface area (Å²) in [6.07, 6.45) is -7.80. The van der Waals surface area contributed by atoms with Gasteiger partial charge < -0.3 is 43.5 Å². The van der Waals surface area contributed by atoms with Crippen molar-refractivity contribution in [3.05, 3.63) is 23.7 Å². The Morgan fingerprint density at radius 1 is 0.783 bits per heavy atom. The van der Waals surface area contributed by atoms with Gasteiger partial charge in [0.2, 0.25) is 0 Å². The van der Waals surface area contributed by atoms with Crippen LogP contribution in [0.3, 0.4) is 0 Å². The molecule has 0 aromatic rings. The molecule has 0 bridgehead atoms. The SMILES string of the molecule is CC([O-])=[C-]C(=O)C(F)(F)F.CC([O-])=[C-]C(=O)C(F)(F)F.[O]=[Mo+2]=[O]. The molecule has 132 valence electrons. The first-order valence-corrected chi connectivity index (χ1v) is 6.42. The number of allylic oxidation sites excluding steroid dienone is 4. The van der Waals surface area contributed by atoms with Crippen molar-refractivity contribution >= 4 is 11.6 Å². The van der Waals surface area contributed by atoms with E-state index in [9.17, 15) is 46.1 Å². The van der Waals surface area contributed by atoms with Gasteiger partial charge in [-0.05, 0) is 0 Å². The monoisotopic (exact) mass is 434 g/mol. The Bertz CT molecular complexity index is 451. The van der Waals surface area contributed by atoms with Crippen LogP contribution in [0.15, 0.2) is 11.5 Å². The molecular formula is C10H6F6MoO6-2. The molecule has 0 heterocycles. The number of ketones is 2. The molecule has 0 atom stereocenters. The van der Waals surface area contributed by atoms with Crippen molar-refractivity contribution in [2.24, 2.45) is 0 Å². The van der Waals surface area contributed by atoms with Gasteiger partial charge in [0.25, 0.3) is 0 Å². The van der Waals surface area contributed by atoms with E-state index in [0.717, 1.165) is 26.0 Å². The van der Waals surface area contributed by atoms with Crippen LogP contribution in [0.25, 0.3) is 0 Å². The zero-order chi connectivity index (χ0) is 19.4. The Hall–Kier alpha value is -1.71. The molecule has 0 saturated heterocycles. The summed E-state index contributed by atoms with van der Waals surface area (Å²) in [6, 6.07) is 0. The number of halogens is 6. The van der Waals surface area contributed by atoms with Crippen molar-refractivity contribution in [3.63, 3.8) is 0 Å². The molecule has 0 aliphatic heterocycles. The molecule has 0 spiro atoms. The minimum absolute atomic E-state index is 0.823. The van der Waals surface area contributed by atoms with Gasteiger partial charge in [-0.25, -0.2) is 0 Å². The number of hydrogen-bond acceptors (Lipinski definition) is 6. The summed E-state index contributed by atoms with van der Waals surface area (Å²) in [6.45, 7) is 1.65. The quantitative estimate of drug-likeness (QED) is 0.202. The van der Waals surface area contributed by atoms with Crippen molar-refractivity contribution < 1.29 is 71.4 Å². The second-order valence-electron chi connectivity index (χ2n) is 3.08. The van der Waals surface area contributed by atoms with Crippen molar-refractivity contribution in [1.29, 1.82) is 0 Å². The molecule has 0 rings (SSSR count). The average Bonchev–Trinajstić information content (AvgIpc) is 2.26. The number of Topliss-reactive ketones (excluding diaryl/α,β-unsaturated/α-hetero) is 2. The second kappa shape index (κ2) is 11.8. The molecule has 0 saturated carbocycles. The van der Waals surface area contributed by atoms with Gasteiger partial charge in [0.05, 0.1) is 11.6 Å². The topological polar surface area (TPSA) is 114 Å². The molecule has 0 aromatic heterocycles. The van der Waals surface area contributed by atoms with E-state index in [-0.39, 0.29) is 0 Å². The minimum atomic E-state index is -4.98. The molecule has 0 aliphatic carbocycles. The summed E-state index contributed by atoms with van der Waals surface area (Å²) in [5.41, 5.74) is 0. The number of carbonyl (C=O) groups excluding carboxylic acids is 2. The van der Waals surface area contributed by atoms with Crippen LogP contribution in [0.4, 0.5) is 26.3 Å². The number of alkyl halides is 6. The summed E-state index contributed by atoms with van der Waals surface area (Å²) in [5.74, 6) is -6.52. The molecule has 0 aromatic carbocycles. The summed E-state index contributed by atoms with van der Waals surface area (Å²) in [7, 11) is 0. The maximum atomic E-state index is 11.2. The van der Waals surface area contributed by atoms with Gasteiger partial charge in [-0.3, -0.25) is 0 Å². The van der Waals surface area contributed by atoms with E-state index in [1.807, 2.05) is 0 Å². The Morgan fingerprint density at radius 3 is 1.00 bits per heavy atom. The molecule has 6 nitrogen and oxygen atoms in total. The van der Waals surface area contributed by atoms with E-state index in [0.29, 0.717) is 0 Å². The Kier molecular flexibility index (Phi) is 13.4. The summed E-state index contributed by atoms with van der Waals surface area (Å²) >= 11 is -2.03. The predicted octanol–water partition coefficient (Wildman–Crippen LogP) is 0.130. The number of hydrogen-bond donors (Lipinski definition) is 0. The van der Waals surface area contributed by atoms with E-state index in [1.54, 1.807) is 0 Å². The van der Waals surface area contributed by atoms with Crippen LogP contribution in [0.2, 0.25) is 0 Å². The molecule has 0 N–H and O–H groups in total. The van der Waals surface area contributed by atoms with Crippen LogP contribution >= 0.6 is 0 Å². The fourth-order valence-electron chi connectivity index (χ4n) is 0.461. The molecule has 0 fully saturated rings. The third-order valence-electron chi connectivity index (χ3n) is 1.09. The first-order chi connectivity index (χ1) is 10.1. The molecule has 0 radical (unpaired) electrons. The first kappa shape index (κ1) is 26.2. The molecule has 0 amide bonds. The van der Waals surface area contributed by atoms with Crippen LogP contribution in [-0.4, -0.2) is 23.9 Å². The third-order valence-corrected chi connectivity index (χ3v) is 1.09. The van der Waals surface area contributed by atoms with Crippen molar-refractivity contribution in [2.45, 2.75) is 26.2 Å². The van der Waals surface area contributed by atoms with E-state index in [2.05, 4.69) is 0 Å². The van der Waals surface area contributed by atoms with Gasteiger partial charge in [-0.15, -0.1) is 0 Å². The first-order valence-electron chi connectivity index (χ1n) is 4.78. The number of rotatable bonds is 2. The Balaban J connectivity index is -0.000000297. The van der Waals surface area contributed by atoms with Gasteiger partial charge in [-0.2, -0.15) is 26.3 Å². The fraction of sp³-hybridized carbons (Fsp3) is 0.400. The zero-order valence-electron chi connectivity index (χ0n) is 11.1. The molecule has 0 aliphatic rings. The van der Waals surface area contributed by atoms with Crippen LogP contribution < -0.4 is 10.2 Å². The molecular weight excluding hydrogens is 426 g/mol. The molecule has 23 heavy (non-hydrogen) atoms. The average molecular weight is 432 g/mol.